The van der Waals surface area contributed by atoms with Gasteiger partial charge in [-0.05, 0) is 106 Å². The Morgan fingerprint density at radius 3 is 2.50 bits per heavy atom. The molecule has 1 saturated heterocycles. The number of halogens is 1. The Kier molecular flexibility index (Phi) is 4.40. The van der Waals surface area contributed by atoms with Crippen LogP contribution in [0, 0.1) is 34.5 Å². The summed E-state index contributed by atoms with van der Waals surface area (Å²) in [5.74, 6) is 3.79. The van der Waals surface area contributed by atoms with E-state index >= 15 is 0 Å². The zero-order valence-electron chi connectivity index (χ0n) is 16.7. The molecule has 5 unspecified atom stereocenters. The molecule has 0 aromatic rings. The highest BCUT2D eigenvalue weighted by molar-refractivity contribution is 9.10. The molecule has 0 aromatic heterocycles. The summed E-state index contributed by atoms with van der Waals surface area (Å²) < 4.78 is 0. The van der Waals surface area contributed by atoms with Crippen LogP contribution in [0.2, 0.25) is 0 Å². The van der Waals surface area contributed by atoms with Crippen molar-refractivity contribution in [2.75, 3.05) is 13.1 Å². The summed E-state index contributed by atoms with van der Waals surface area (Å²) >= 11 is 3.72. The number of rotatable bonds is 1. The molecule has 0 bridgehead atoms. The van der Waals surface area contributed by atoms with E-state index in [1.807, 2.05) is 0 Å². The van der Waals surface area contributed by atoms with Crippen molar-refractivity contribution in [2.45, 2.75) is 88.9 Å². The van der Waals surface area contributed by atoms with Crippen LogP contribution in [0.5, 0.6) is 0 Å². The highest BCUT2D eigenvalue weighted by atomic mass is 79.9. The van der Waals surface area contributed by atoms with E-state index in [-0.39, 0.29) is 10.2 Å². The molecule has 26 heavy (non-hydrogen) atoms. The smallest absolute Gasteiger partial charge is 0.152 e. The first-order chi connectivity index (χ1) is 12.4. The van der Waals surface area contributed by atoms with Gasteiger partial charge in [0.05, 0.1) is 4.83 Å². The fourth-order valence-electron chi connectivity index (χ4n) is 8.42. The summed E-state index contributed by atoms with van der Waals surface area (Å²) in [6.07, 6.45) is 13.6. The number of carbonyl (C=O) groups is 1. The van der Waals surface area contributed by atoms with Crippen LogP contribution < -0.4 is 0 Å². The second-order valence-corrected chi connectivity index (χ2v) is 12.0. The molecule has 0 spiro atoms. The van der Waals surface area contributed by atoms with Gasteiger partial charge in [-0.2, -0.15) is 0 Å². The van der Waals surface area contributed by atoms with Crippen molar-refractivity contribution in [3.63, 3.8) is 0 Å². The Morgan fingerprint density at radius 1 is 0.962 bits per heavy atom. The number of Topliss-reactive ketones (excluding diaryl/α,β-unsaturated/α-hetero) is 1. The Labute approximate surface area is 168 Å². The zero-order valence-corrected chi connectivity index (χ0v) is 18.3. The average Bonchev–Trinajstić information content (AvgIpc) is 3.23. The van der Waals surface area contributed by atoms with E-state index in [1.54, 1.807) is 0 Å². The normalized spacial score (nSPS) is 54.7. The van der Waals surface area contributed by atoms with Crippen molar-refractivity contribution in [1.29, 1.82) is 0 Å². The quantitative estimate of drug-likeness (QED) is 0.525. The highest BCUT2D eigenvalue weighted by Gasteiger charge is 2.62. The lowest BCUT2D eigenvalue weighted by Gasteiger charge is -2.60. The second-order valence-electron chi connectivity index (χ2n) is 10.9. The van der Waals surface area contributed by atoms with Crippen LogP contribution in [0.3, 0.4) is 0 Å². The lowest BCUT2D eigenvalue weighted by atomic mass is 9.45. The third kappa shape index (κ3) is 2.48. The Hall–Kier alpha value is 0.110. The molecule has 0 aromatic carbocycles. The summed E-state index contributed by atoms with van der Waals surface area (Å²) in [4.78, 5) is 15.8. The van der Waals surface area contributed by atoms with Gasteiger partial charge in [0.15, 0.2) is 5.78 Å². The second kappa shape index (κ2) is 6.31. The third-order valence-electron chi connectivity index (χ3n) is 9.99. The molecule has 4 aliphatic carbocycles. The molecular formula is C23H36BrNO. The van der Waals surface area contributed by atoms with E-state index in [0.29, 0.717) is 17.1 Å². The SMILES string of the molecule is C[C@]12CC[C@H](N3CCCC3)CC1CCC1C2CC[C@]2(C)C(=O)C(Br)CC12. The van der Waals surface area contributed by atoms with Gasteiger partial charge >= 0.3 is 0 Å². The van der Waals surface area contributed by atoms with Crippen LogP contribution in [-0.4, -0.2) is 34.6 Å². The molecule has 0 N–H and O–H groups in total. The van der Waals surface area contributed by atoms with Gasteiger partial charge in [-0.25, -0.2) is 0 Å². The molecule has 8 atom stereocenters. The van der Waals surface area contributed by atoms with Crippen LogP contribution in [0.1, 0.15) is 78.1 Å². The first kappa shape index (κ1) is 18.2. The average molecular weight is 422 g/mol. The lowest BCUT2D eigenvalue weighted by Crippen LogP contribution is -2.55. The molecular weight excluding hydrogens is 386 g/mol. The van der Waals surface area contributed by atoms with Crippen LogP contribution in [0.4, 0.5) is 0 Å². The minimum absolute atomic E-state index is 0.0225. The van der Waals surface area contributed by atoms with Gasteiger partial charge in [0.2, 0.25) is 0 Å². The Bertz CT molecular complexity index is 587. The Morgan fingerprint density at radius 2 is 1.73 bits per heavy atom. The van der Waals surface area contributed by atoms with Gasteiger partial charge in [0.1, 0.15) is 0 Å². The van der Waals surface area contributed by atoms with Gasteiger partial charge < -0.3 is 4.90 Å². The van der Waals surface area contributed by atoms with Crippen molar-refractivity contribution in [2.24, 2.45) is 34.5 Å². The molecule has 5 aliphatic rings. The standard InChI is InChI=1S/C23H36BrNO/c1-22-9-7-16(25-11-3-4-12-25)13-15(22)5-6-17-18(22)8-10-23(2)19(17)14-20(24)21(23)26/h15-20H,3-14H2,1-2H3/t15?,16-,17?,18?,19?,20?,22-,23-/m0/s1. The van der Waals surface area contributed by atoms with Crippen molar-refractivity contribution in [3.8, 4) is 0 Å². The minimum atomic E-state index is -0.0225. The number of hydrogen-bond acceptors (Lipinski definition) is 2. The number of nitrogens with zero attached hydrogens (tertiary/aromatic N) is 1. The van der Waals surface area contributed by atoms with Gasteiger partial charge in [-0.1, -0.05) is 29.8 Å². The van der Waals surface area contributed by atoms with Crippen molar-refractivity contribution >= 4 is 21.7 Å². The summed E-state index contributed by atoms with van der Waals surface area (Å²) in [6, 6.07) is 0.876. The number of alkyl halides is 1. The summed E-state index contributed by atoms with van der Waals surface area (Å²) in [7, 11) is 0. The van der Waals surface area contributed by atoms with Gasteiger partial charge in [-0.15, -0.1) is 0 Å². The van der Waals surface area contributed by atoms with Crippen molar-refractivity contribution < 1.29 is 4.79 Å². The molecule has 5 rings (SSSR count). The molecule has 3 heteroatoms. The molecule has 5 fully saturated rings. The minimum Gasteiger partial charge on any atom is -0.300 e. The number of fused-ring (bicyclic) bond motifs is 5. The highest BCUT2D eigenvalue weighted by Crippen LogP contribution is 2.66. The topological polar surface area (TPSA) is 20.3 Å². The van der Waals surface area contributed by atoms with E-state index in [1.165, 1.54) is 64.5 Å². The molecule has 146 valence electrons. The summed E-state index contributed by atoms with van der Waals surface area (Å²) in [5, 5.41) is 0. The van der Waals surface area contributed by atoms with Gasteiger partial charge in [0, 0.05) is 11.5 Å². The number of carbonyl (C=O) groups excluding carboxylic acids is 1. The molecule has 1 heterocycles. The monoisotopic (exact) mass is 421 g/mol. The summed E-state index contributed by atoms with van der Waals surface area (Å²) in [5.41, 5.74) is 0.527. The van der Waals surface area contributed by atoms with E-state index < -0.39 is 0 Å². The van der Waals surface area contributed by atoms with Gasteiger partial charge in [0.25, 0.3) is 0 Å². The molecule has 0 amide bonds. The van der Waals surface area contributed by atoms with E-state index in [9.17, 15) is 4.79 Å². The maximum atomic E-state index is 12.8. The van der Waals surface area contributed by atoms with Crippen LogP contribution >= 0.6 is 15.9 Å². The van der Waals surface area contributed by atoms with Crippen LogP contribution in [0.25, 0.3) is 0 Å². The van der Waals surface area contributed by atoms with Gasteiger partial charge in [-0.3, -0.25) is 4.79 Å². The molecule has 4 saturated carbocycles. The molecule has 2 nitrogen and oxygen atoms in total. The van der Waals surface area contributed by atoms with E-state index in [0.717, 1.165) is 36.6 Å². The van der Waals surface area contributed by atoms with Crippen LogP contribution in [-0.2, 0) is 4.79 Å². The largest absolute Gasteiger partial charge is 0.300 e. The predicted octanol–water partition coefficient (Wildman–Crippen LogP) is 5.44. The fraction of sp³-hybridized carbons (Fsp3) is 0.957. The van der Waals surface area contributed by atoms with Crippen molar-refractivity contribution in [1.82, 2.24) is 4.90 Å². The zero-order chi connectivity index (χ0) is 18.1. The Balaban J connectivity index is 1.36. The third-order valence-corrected chi connectivity index (χ3v) is 10.8. The van der Waals surface area contributed by atoms with E-state index in [2.05, 4.69) is 34.7 Å². The lowest BCUT2D eigenvalue weighted by molar-refractivity contribution is -0.140. The molecule has 1 aliphatic heterocycles. The summed E-state index contributed by atoms with van der Waals surface area (Å²) in [6.45, 7) is 7.67. The number of ketones is 1. The predicted molar refractivity (Wildman–Crippen MR) is 109 cm³/mol. The molecule has 0 radical (unpaired) electrons. The van der Waals surface area contributed by atoms with Crippen LogP contribution in [0.15, 0.2) is 0 Å². The first-order valence-corrected chi connectivity index (χ1v) is 12.3. The number of likely N-dealkylation sites (tertiary alicyclic amines) is 1. The van der Waals surface area contributed by atoms with E-state index in [4.69, 9.17) is 0 Å². The maximum Gasteiger partial charge on any atom is 0.152 e. The number of hydrogen-bond donors (Lipinski definition) is 0. The fourth-order valence-corrected chi connectivity index (χ4v) is 9.35. The maximum absolute atomic E-state index is 12.8. The first-order valence-electron chi connectivity index (χ1n) is 11.4. The van der Waals surface area contributed by atoms with Crippen molar-refractivity contribution in [3.05, 3.63) is 0 Å².